The quantitative estimate of drug-likeness (QED) is 0.847. The number of carbonyl (C=O) groups excluding carboxylic acids is 1. The van der Waals surface area contributed by atoms with E-state index in [9.17, 15) is 9.59 Å². The van der Waals surface area contributed by atoms with Crippen molar-refractivity contribution < 1.29 is 14.7 Å². The number of carboxylic acid groups (broad SMARTS) is 1. The highest BCUT2D eigenvalue weighted by Crippen LogP contribution is 2.34. The molecule has 0 aromatic heterocycles. The summed E-state index contributed by atoms with van der Waals surface area (Å²) in [6.07, 6.45) is 0.423. The Kier molecular flexibility index (Phi) is 4.86. The first kappa shape index (κ1) is 16.2. The first-order valence-electron chi connectivity index (χ1n) is 6.26. The second-order valence-corrected chi connectivity index (χ2v) is 6.09. The summed E-state index contributed by atoms with van der Waals surface area (Å²) in [5.41, 5.74) is 0.263. The Bertz CT molecular complexity index is 571. The van der Waals surface area contributed by atoms with Gasteiger partial charge in [-0.05, 0) is 25.5 Å². The van der Waals surface area contributed by atoms with Gasteiger partial charge in [0.25, 0.3) is 0 Å². The van der Waals surface area contributed by atoms with Crippen LogP contribution in [0.15, 0.2) is 12.1 Å². The van der Waals surface area contributed by atoms with E-state index in [1.807, 2.05) is 0 Å². The van der Waals surface area contributed by atoms with Gasteiger partial charge < -0.3 is 15.3 Å². The van der Waals surface area contributed by atoms with Crippen LogP contribution in [0, 0.1) is 5.92 Å². The van der Waals surface area contributed by atoms with Gasteiger partial charge in [-0.3, -0.25) is 4.79 Å². The van der Waals surface area contributed by atoms with Crippen LogP contribution in [0.4, 0.5) is 10.5 Å². The van der Waals surface area contributed by atoms with Crippen molar-refractivity contribution in [2.24, 2.45) is 5.92 Å². The highest BCUT2D eigenvalue weighted by atomic mass is 35.5. The van der Waals surface area contributed by atoms with E-state index in [1.165, 1.54) is 17.0 Å². The van der Waals surface area contributed by atoms with E-state index in [4.69, 9.17) is 39.9 Å². The fourth-order valence-corrected chi connectivity index (χ4v) is 3.31. The van der Waals surface area contributed by atoms with Crippen LogP contribution in [0.3, 0.4) is 0 Å². The molecular weight excluding hydrogens is 339 g/mol. The molecule has 0 bridgehead atoms. The molecule has 5 nitrogen and oxygen atoms in total. The van der Waals surface area contributed by atoms with E-state index in [-0.39, 0.29) is 15.7 Å². The monoisotopic (exact) mass is 350 g/mol. The number of hydrogen-bond acceptors (Lipinski definition) is 2. The van der Waals surface area contributed by atoms with Crippen LogP contribution < -0.4 is 5.32 Å². The lowest BCUT2D eigenvalue weighted by Gasteiger charge is -2.24. The minimum atomic E-state index is -0.902. The highest BCUT2D eigenvalue weighted by Gasteiger charge is 2.38. The topological polar surface area (TPSA) is 69.6 Å². The van der Waals surface area contributed by atoms with Crippen molar-refractivity contribution in [1.29, 1.82) is 0 Å². The molecular formula is C13H13Cl3N2O3. The van der Waals surface area contributed by atoms with Crippen molar-refractivity contribution in [1.82, 2.24) is 4.90 Å². The minimum Gasteiger partial charge on any atom is -0.481 e. The lowest BCUT2D eigenvalue weighted by atomic mass is 10.0. The molecule has 8 heteroatoms. The first-order valence-corrected chi connectivity index (χ1v) is 7.39. The van der Waals surface area contributed by atoms with Crippen molar-refractivity contribution >= 4 is 52.5 Å². The second-order valence-electron chi connectivity index (χ2n) is 4.84. The molecule has 2 N–H and O–H groups in total. The van der Waals surface area contributed by atoms with Crippen LogP contribution in [0.5, 0.6) is 0 Å². The molecule has 0 spiro atoms. The number of carbonyl (C=O) groups is 2. The molecule has 1 fully saturated rings. The Morgan fingerprint density at radius 1 is 1.29 bits per heavy atom. The van der Waals surface area contributed by atoms with Gasteiger partial charge in [0.05, 0.1) is 21.7 Å². The lowest BCUT2D eigenvalue weighted by molar-refractivity contribution is -0.142. The largest absolute Gasteiger partial charge is 0.481 e. The zero-order chi connectivity index (χ0) is 15.7. The maximum atomic E-state index is 12.3. The Morgan fingerprint density at radius 2 is 1.86 bits per heavy atom. The van der Waals surface area contributed by atoms with Gasteiger partial charge in [0.2, 0.25) is 0 Å². The number of urea groups is 1. The molecule has 2 amide bonds. The van der Waals surface area contributed by atoms with Crippen molar-refractivity contribution in [3.8, 4) is 0 Å². The zero-order valence-corrected chi connectivity index (χ0v) is 13.3. The molecule has 2 rings (SSSR count). The van der Waals surface area contributed by atoms with Crippen molar-refractivity contribution in [2.45, 2.75) is 19.4 Å². The molecule has 0 aliphatic carbocycles. The number of amides is 2. The molecule has 21 heavy (non-hydrogen) atoms. The van der Waals surface area contributed by atoms with E-state index < -0.39 is 24.0 Å². The second kappa shape index (κ2) is 6.30. The molecule has 0 radical (unpaired) electrons. The number of nitrogens with one attached hydrogen (secondary N) is 1. The Balaban J connectivity index is 2.15. The molecule has 1 aliphatic heterocycles. The molecule has 1 aromatic rings. The number of nitrogens with zero attached hydrogens (tertiary/aromatic N) is 1. The molecule has 0 saturated carbocycles. The predicted molar refractivity (Wildman–Crippen MR) is 82.4 cm³/mol. The predicted octanol–water partition coefficient (Wildman–Crippen LogP) is 3.97. The summed E-state index contributed by atoms with van der Waals surface area (Å²) < 4.78 is 0. The third-order valence-electron chi connectivity index (χ3n) is 3.57. The van der Waals surface area contributed by atoms with Gasteiger partial charge >= 0.3 is 12.0 Å². The van der Waals surface area contributed by atoms with Crippen LogP contribution in [0.25, 0.3) is 0 Å². The number of hydrogen-bond donors (Lipinski definition) is 2. The Morgan fingerprint density at radius 3 is 2.33 bits per heavy atom. The summed E-state index contributed by atoms with van der Waals surface area (Å²) in [6, 6.07) is 2.11. The number of anilines is 1. The van der Waals surface area contributed by atoms with Crippen LogP contribution >= 0.6 is 34.8 Å². The number of aliphatic carboxylic acids is 1. The molecule has 1 saturated heterocycles. The van der Waals surface area contributed by atoms with Gasteiger partial charge in [-0.15, -0.1) is 0 Å². The highest BCUT2D eigenvalue weighted by molar-refractivity contribution is 6.42. The van der Waals surface area contributed by atoms with Gasteiger partial charge in [-0.1, -0.05) is 34.8 Å². The van der Waals surface area contributed by atoms with E-state index in [2.05, 4.69) is 5.32 Å². The average Bonchev–Trinajstić information content (AvgIpc) is 2.75. The fourth-order valence-electron chi connectivity index (χ4n) is 2.40. The number of likely N-dealkylation sites (tertiary alicyclic amines) is 1. The standard InChI is InChI=1S/C13H13Cl3N2O3/c1-6-8(12(19)20)2-3-18(6)13(21)17-11-9(15)4-7(14)5-10(11)16/h4-6,8H,2-3H2,1H3,(H,17,21)(H,19,20). The number of benzene rings is 1. The molecule has 1 heterocycles. The van der Waals surface area contributed by atoms with Gasteiger partial charge in [0.15, 0.2) is 0 Å². The summed E-state index contributed by atoms with van der Waals surface area (Å²) in [5.74, 6) is -1.47. The van der Waals surface area contributed by atoms with Crippen LogP contribution in [-0.2, 0) is 4.79 Å². The summed E-state index contributed by atoms with van der Waals surface area (Å²) in [6.45, 7) is 2.07. The van der Waals surface area contributed by atoms with Gasteiger partial charge in [-0.25, -0.2) is 4.79 Å². The molecule has 114 valence electrons. The first-order chi connectivity index (χ1) is 9.81. The molecule has 2 unspecified atom stereocenters. The van der Waals surface area contributed by atoms with E-state index >= 15 is 0 Å². The molecule has 1 aromatic carbocycles. The smallest absolute Gasteiger partial charge is 0.322 e. The van der Waals surface area contributed by atoms with Gasteiger partial charge in [-0.2, -0.15) is 0 Å². The van der Waals surface area contributed by atoms with Crippen LogP contribution in [-0.4, -0.2) is 34.6 Å². The number of rotatable bonds is 2. The van der Waals surface area contributed by atoms with Crippen molar-refractivity contribution in [2.75, 3.05) is 11.9 Å². The van der Waals surface area contributed by atoms with Gasteiger partial charge in [0.1, 0.15) is 0 Å². The SMILES string of the molecule is CC1C(C(=O)O)CCN1C(=O)Nc1c(Cl)cc(Cl)cc1Cl. The number of carboxylic acids is 1. The van der Waals surface area contributed by atoms with E-state index in [1.54, 1.807) is 6.92 Å². The van der Waals surface area contributed by atoms with E-state index in [0.717, 1.165) is 0 Å². The van der Waals surface area contributed by atoms with E-state index in [0.29, 0.717) is 18.0 Å². The summed E-state index contributed by atoms with van der Waals surface area (Å²) in [7, 11) is 0. The summed E-state index contributed by atoms with van der Waals surface area (Å²) in [4.78, 5) is 24.8. The average molecular weight is 352 g/mol. The maximum absolute atomic E-state index is 12.3. The zero-order valence-electron chi connectivity index (χ0n) is 11.1. The fraction of sp³-hybridized carbons (Fsp3) is 0.385. The van der Waals surface area contributed by atoms with Crippen molar-refractivity contribution in [3.63, 3.8) is 0 Å². The third-order valence-corrected chi connectivity index (χ3v) is 4.39. The maximum Gasteiger partial charge on any atom is 0.322 e. The normalized spacial score (nSPS) is 21.4. The number of halogens is 3. The van der Waals surface area contributed by atoms with Crippen LogP contribution in [0.1, 0.15) is 13.3 Å². The Hall–Kier alpha value is -1.17. The Labute approximate surface area is 136 Å². The third kappa shape index (κ3) is 3.36. The minimum absolute atomic E-state index is 0.225. The molecule has 1 aliphatic rings. The van der Waals surface area contributed by atoms with Gasteiger partial charge in [0, 0.05) is 17.6 Å². The summed E-state index contributed by atoms with van der Waals surface area (Å²) >= 11 is 17.8. The van der Waals surface area contributed by atoms with Crippen LogP contribution in [0.2, 0.25) is 15.1 Å². The van der Waals surface area contributed by atoms with Crippen molar-refractivity contribution in [3.05, 3.63) is 27.2 Å². The summed E-state index contributed by atoms with van der Waals surface area (Å²) in [5, 5.41) is 12.5. The lowest BCUT2D eigenvalue weighted by Crippen LogP contribution is -2.40. The molecule has 2 atom stereocenters.